The molecule has 1 N–H and O–H groups in total. The Kier molecular flexibility index (Phi) is 4.16. The summed E-state index contributed by atoms with van der Waals surface area (Å²) in [6.45, 7) is 1.91. The van der Waals surface area contributed by atoms with E-state index in [2.05, 4.69) is 26.2 Å². The molecule has 0 atom stereocenters. The number of carbonyl (C=O) groups excluding carboxylic acids is 1. The maximum atomic E-state index is 12.1. The van der Waals surface area contributed by atoms with Crippen molar-refractivity contribution < 1.29 is 9.53 Å². The van der Waals surface area contributed by atoms with Crippen LogP contribution in [0.3, 0.4) is 0 Å². The summed E-state index contributed by atoms with van der Waals surface area (Å²) < 4.78 is 5.79. The van der Waals surface area contributed by atoms with E-state index < -0.39 is 0 Å². The predicted molar refractivity (Wildman–Crippen MR) is 77.6 cm³/mol. The summed E-state index contributed by atoms with van der Waals surface area (Å²) in [5, 5.41) is 2.83. The molecule has 0 radical (unpaired) electrons. The minimum Gasteiger partial charge on any atom is -0.497 e. The number of anilines is 1. The summed E-state index contributed by atoms with van der Waals surface area (Å²) >= 11 is 3.31. The third kappa shape index (κ3) is 3.12. The summed E-state index contributed by atoms with van der Waals surface area (Å²) in [6.07, 6.45) is 1.58. The SMILES string of the molecule is COc1ccc(NC(=O)c2ncccc2Br)c(C)c1. The number of rotatable bonds is 3. The summed E-state index contributed by atoms with van der Waals surface area (Å²) in [5.41, 5.74) is 2.03. The lowest BCUT2D eigenvalue weighted by Gasteiger charge is -2.10. The molecule has 0 saturated carbocycles. The fourth-order valence-electron chi connectivity index (χ4n) is 1.64. The zero-order valence-corrected chi connectivity index (χ0v) is 12.2. The highest BCUT2D eigenvalue weighted by molar-refractivity contribution is 9.10. The minimum absolute atomic E-state index is 0.249. The fourth-order valence-corrected chi connectivity index (χ4v) is 2.07. The van der Waals surface area contributed by atoms with Crippen LogP contribution in [-0.4, -0.2) is 18.0 Å². The van der Waals surface area contributed by atoms with Crippen molar-refractivity contribution in [3.05, 3.63) is 52.3 Å². The molecule has 0 aliphatic heterocycles. The summed E-state index contributed by atoms with van der Waals surface area (Å²) in [5.74, 6) is 0.509. The minimum atomic E-state index is -0.249. The standard InChI is InChI=1S/C14H13BrN2O2/c1-9-8-10(19-2)5-6-12(9)17-14(18)13-11(15)4-3-7-16-13/h3-8H,1-2H3,(H,17,18). The van der Waals surface area contributed by atoms with Gasteiger partial charge in [0, 0.05) is 16.4 Å². The van der Waals surface area contributed by atoms with Gasteiger partial charge in [-0.25, -0.2) is 4.98 Å². The zero-order chi connectivity index (χ0) is 13.8. The number of nitrogens with one attached hydrogen (secondary N) is 1. The molecule has 0 saturated heterocycles. The van der Waals surface area contributed by atoms with Gasteiger partial charge in [0.2, 0.25) is 0 Å². The van der Waals surface area contributed by atoms with Crippen molar-refractivity contribution in [2.45, 2.75) is 6.92 Å². The van der Waals surface area contributed by atoms with Crippen LogP contribution < -0.4 is 10.1 Å². The Hall–Kier alpha value is -1.88. The molecular formula is C14H13BrN2O2. The van der Waals surface area contributed by atoms with Gasteiger partial charge in [0.15, 0.2) is 0 Å². The molecule has 1 aromatic heterocycles. The molecule has 0 aliphatic carbocycles. The quantitative estimate of drug-likeness (QED) is 0.942. The first-order chi connectivity index (χ1) is 9.11. The fraction of sp³-hybridized carbons (Fsp3) is 0.143. The average molecular weight is 321 g/mol. The van der Waals surface area contributed by atoms with Crippen LogP contribution >= 0.6 is 15.9 Å². The highest BCUT2D eigenvalue weighted by Crippen LogP contribution is 2.22. The van der Waals surface area contributed by atoms with E-state index in [-0.39, 0.29) is 5.91 Å². The molecule has 19 heavy (non-hydrogen) atoms. The number of methoxy groups -OCH3 is 1. The second kappa shape index (κ2) is 5.84. The number of amides is 1. The molecular weight excluding hydrogens is 308 g/mol. The molecule has 2 rings (SSSR count). The van der Waals surface area contributed by atoms with E-state index >= 15 is 0 Å². The molecule has 0 fully saturated rings. The van der Waals surface area contributed by atoms with E-state index in [1.54, 1.807) is 31.5 Å². The summed E-state index contributed by atoms with van der Waals surface area (Å²) in [4.78, 5) is 16.2. The van der Waals surface area contributed by atoms with E-state index in [0.29, 0.717) is 10.2 Å². The lowest BCUT2D eigenvalue weighted by atomic mass is 10.2. The van der Waals surface area contributed by atoms with Gasteiger partial charge in [-0.05, 0) is 58.7 Å². The number of aryl methyl sites for hydroxylation is 1. The van der Waals surface area contributed by atoms with Gasteiger partial charge in [0.25, 0.3) is 5.91 Å². The number of hydrogen-bond acceptors (Lipinski definition) is 3. The molecule has 0 spiro atoms. The summed E-state index contributed by atoms with van der Waals surface area (Å²) in [6, 6.07) is 9.02. The van der Waals surface area contributed by atoms with Gasteiger partial charge in [-0.2, -0.15) is 0 Å². The smallest absolute Gasteiger partial charge is 0.275 e. The van der Waals surface area contributed by atoms with Gasteiger partial charge >= 0.3 is 0 Å². The number of hydrogen-bond donors (Lipinski definition) is 1. The van der Waals surface area contributed by atoms with Gasteiger partial charge in [-0.1, -0.05) is 0 Å². The number of pyridine rings is 1. The molecule has 1 heterocycles. The Balaban J connectivity index is 2.22. The highest BCUT2D eigenvalue weighted by atomic mass is 79.9. The number of aromatic nitrogens is 1. The Bertz CT molecular complexity index is 614. The van der Waals surface area contributed by atoms with Crippen molar-refractivity contribution in [3.8, 4) is 5.75 Å². The highest BCUT2D eigenvalue weighted by Gasteiger charge is 2.12. The maximum absolute atomic E-state index is 12.1. The van der Waals surface area contributed by atoms with Crippen LogP contribution in [-0.2, 0) is 0 Å². The van der Waals surface area contributed by atoms with Crippen molar-refractivity contribution in [1.82, 2.24) is 4.98 Å². The van der Waals surface area contributed by atoms with Crippen molar-refractivity contribution in [2.24, 2.45) is 0 Å². The molecule has 1 aromatic carbocycles. The molecule has 0 bridgehead atoms. The van der Waals surface area contributed by atoms with Gasteiger partial charge in [0.1, 0.15) is 11.4 Å². The lowest BCUT2D eigenvalue weighted by molar-refractivity contribution is 0.102. The van der Waals surface area contributed by atoms with Crippen LogP contribution in [0, 0.1) is 6.92 Å². The number of carbonyl (C=O) groups is 1. The van der Waals surface area contributed by atoms with Crippen molar-refractivity contribution in [3.63, 3.8) is 0 Å². The maximum Gasteiger partial charge on any atom is 0.275 e. The van der Waals surface area contributed by atoms with E-state index in [1.165, 1.54) is 0 Å². The molecule has 5 heteroatoms. The molecule has 98 valence electrons. The average Bonchev–Trinajstić information content (AvgIpc) is 2.41. The normalized spacial score (nSPS) is 10.1. The van der Waals surface area contributed by atoms with Gasteiger partial charge < -0.3 is 10.1 Å². The second-order valence-corrected chi connectivity index (χ2v) is 4.82. The Morgan fingerprint density at radius 2 is 2.16 bits per heavy atom. The Labute approximate surface area is 119 Å². The summed E-state index contributed by atoms with van der Waals surface area (Å²) in [7, 11) is 1.61. The largest absolute Gasteiger partial charge is 0.497 e. The van der Waals surface area contributed by atoms with Crippen molar-refractivity contribution >= 4 is 27.5 Å². The number of benzene rings is 1. The topological polar surface area (TPSA) is 51.2 Å². The molecule has 4 nitrogen and oxygen atoms in total. The van der Waals surface area contributed by atoms with Gasteiger partial charge in [0.05, 0.1) is 7.11 Å². The third-order valence-corrected chi connectivity index (χ3v) is 3.30. The number of ether oxygens (including phenoxy) is 1. The van der Waals surface area contributed by atoms with E-state index in [9.17, 15) is 4.79 Å². The molecule has 2 aromatic rings. The van der Waals surface area contributed by atoms with Gasteiger partial charge in [-0.3, -0.25) is 4.79 Å². The number of nitrogens with zero attached hydrogens (tertiary/aromatic N) is 1. The van der Waals surface area contributed by atoms with Crippen LogP contribution in [0.5, 0.6) is 5.75 Å². The monoisotopic (exact) mass is 320 g/mol. The van der Waals surface area contributed by atoms with Crippen molar-refractivity contribution in [1.29, 1.82) is 0 Å². The zero-order valence-electron chi connectivity index (χ0n) is 10.6. The van der Waals surface area contributed by atoms with Gasteiger partial charge in [-0.15, -0.1) is 0 Å². The number of halogens is 1. The lowest BCUT2D eigenvalue weighted by Crippen LogP contribution is -2.15. The van der Waals surface area contributed by atoms with E-state index in [1.807, 2.05) is 19.1 Å². The first-order valence-corrected chi connectivity index (χ1v) is 6.47. The van der Waals surface area contributed by atoms with Crippen LogP contribution in [0.4, 0.5) is 5.69 Å². The third-order valence-electron chi connectivity index (χ3n) is 2.66. The molecule has 0 unspecified atom stereocenters. The van der Waals surface area contributed by atoms with Crippen LogP contribution in [0.15, 0.2) is 41.0 Å². The second-order valence-electron chi connectivity index (χ2n) is 3.97. The first kappa shape index (κ1) is 13.5. The van der Waals surface area contributed by atoms with Crippen LogP contribution in [0.2, 0.25) is 0 Å². The first-order valence-electron chi connectivity index (χ1n) is 5.68. The molecule has 0 aliphatic rings. The van der Waals surface area contributed by atoms with Crippen LogP contribution in [0.1, 0.15) is 16.1 Å². The van der Waals surface area contributed by atoms with Crippen molar-refractivity contribution in [2.75, 3.05) is 12.4 Å². The van der Waals surface area contributed by atoms with E-state index in [0.717, 1.165) is 17.0 Å². The molecule has 1 amide bonds. The Morgan fingerprint density at radius 3 is 2.79 bits per heavy atom. The van der Waals surface area contributed by atoms with Crippen LogP contribution in [0.25, 0.3) is 0 Å². The predicted octanol–water partition coefficient (Wildman–Crippen LogP) is 3.41. The van der Waals surface area contributed by atoms with E-state index in [4.69, 9.17) is 4.74 Å². The Morgan fingerprint density at radius 1 is 1.37 bits per heavy atom.